The summed E-state index contributed by atoms with van der Waals surface area (Å²) in [5.41, 5.74) is 0.877. The van der Waals surface area contributed by atoms with Gasteiger partial charge in [0.1, 0.15) is 6.04 Å². The van der Waals surface area contributed by atoms with E-state index in [1.807, 2.05) is 12.1 Å². The molecule has 1 saturated heterocycles. The standard InChI is InChI=1S/C16H23N5O4S/c1-12-17-16(25-19-12)14-7-8-20(9-10-21(14)26(3,22)23)11-13-5-4-6-15(18-13)24-2/h4-6,14H,7-11H2,1-3H3. The number of rotatable bonds is 5. The summed E-state index contributed by atoms with van der Waals surface area (Å²) < 4.78 is 36.4. The summed E-state index contributed by atoms with van der Waals surface area (Å²) in [6.07, 6.45) is 1.78. The van der Waals surface area contributed by atoms with E-state index in [0.29, 0.717) is 50.2 Å². The van der Waals surface area contributed by atoms with Crippen molar-refractivity contribution in [3.05, 3.63) is 35.6 Å². The minimum atomic E-state index is -3.40. The van der Waals surface area contributed by atoms with Crippen LogP contribution in [0.3, 0.4) is 0 Å². The molecule has 3 rings (SSSR count). The molecule has 10 heteroatoms. The fourth-order valence-electron chi connectivity index (χ4n) is 3.10. The highest BCUT2D eigenvalue weighted by molar-refractivity contribution is 7.88. The summed E-state index contributed by atoms with van der Waals surface area (Å²) >= 11 is 0. The zero-order chi connectivity index (χ0) is 18.7. The first-order valence-electron chi connectivity index (χ1n) is 8.36. The van der Waals surface area contributed by atoms with Crippen molar-refractivity contribution in [2.24, 2.45) is 0 Å². The first-order chi connectivity index (χ1) is 12.4. The Kier molecular flexibility index (Phi) is 5.54. The summed E-state index contributed by atoms with van der Waals surface area (Å²) in [6, 6.07) is 5.17. The number of ether oxygens (including phenoxy) is 1. The molecule has 1 unspecified atom stereocenters. The van der Waals surface area contributed by atoms with Crippen LogP contribution in [0.2, 0.25) is 0 Å². The number of nitrogens with zero attached hydrogens (tertiary/aromatic N) is 5. The summed E-state index contributed by atoms with van der Waals surface area (Å²) in [7, 11) is -1.82. The van der Waals surface area contributed by atoms with Gasteiger partial charge in [-0.05, 0) is 19.4 Å². The van der Waals surface area contributed by atoms with Crippen molar-refractivity contribution >= 4 is 10.0 Å². The molecule has 1 fully saturated rings. The van der Waals surface area contributed by atoms with Gasteiger partial charge in [0.05, 0.1) is 19.1 Å². The molecule has 0 N–H and O–H groups in total. The molecule has 2 aromatic rings. The Bertz CT molecular complexity index is 854. The monoisotopic (exact) mass is 381 g/mol. The van der Waals surface area contributed by atoms with E-state index in [0.717, 1.165) is 5.69 Å². The van der Waals surface area contributed by atoms with Gasteiger partial charge < -0.3 is 9.26 Å². The number of aromatic nitrogens is 3. The molecule has 142 valence electrons. The van der Waals surface area contributed by atoms with Crippen molar-refractivity contribution in [3.63, 3.8) is 0 Å². The zero-order valence-electron chi connectivity index (χ0n) is 15.1. The minimum Gasteiger partial charge on any atom is -0.481 e. The average Bonchev–Trinajstić information content (AvgIpc) is 2.90. The van der Waals surface area contributed by atoms with E-state index in [-0.39, 0.29) is 0 Å². The van der Waals surface area contributed by atoms with Crippen LogP contribution in [-0.4, -0.2) is 65.7 Å². The van der Waals surface area contributed by atoms with Gasteiger partial charge in [0, 0.05) is 32.2 Å². The van der Waals surface area contributed by atoms with Crippen LogP contribution in [0, 0.1) is 6.92 Å². The predicted octanol–water partition coefficient (Wildman–Crippen LogP) is 0.990. The second-order valence-electron chi connectivity index (χ2n) is 6.31. The highest BCUT2D eigenvalue weighted by atomic mass is 32.2. The van der Waals surface area contributed by atoms with Crippen LogP contribution in [-0.2, 0) is 16.6 Å². The molecule has 1 aliphatic heterocycles. The number of aryl methyl sites for hydroxylation is 1. The first-order valence-corrected chi connectivity index (χ1v) is 10.2. The summed E-state index contributed by atoms with van der Waals surface area (Å²) in [5, 5.41) is 3.80. The van der Waals surface area contributed by atoms with Gasteiger partial charge in [-0.1, -0.05) is 11.2 Å². The maximum absolute atomic E-state index is 12.3. The lowest BCUT2D eigenvalue weighted by atomic mass is 10.2. The smallest absolute Gasteiger partial charge is 0.245 e. The average molecular weight is 381 g/mol. The molecule has 2 aromatic heterocycles. The summed E-state index contributed by atoms with van der Waals surface area (Å²) in [6.45, 7) is 3.97. The fourth-order valence-corrected chi connectivity index (χ4v) is 4.17. The van der Waals surface area contributed by atoms with Gasteiger partial charge in [0.15, 0.2) is 5.82 Å². The Morgan fingerprint density at radius 3 is 2.73 bits per heavy atom. The third-order valence-electron chi connectivity index (χ3n) is 4.33. The Hall–Kier alpha value is -2.04. The van der Waals surface area contributed by atoms with Crippen LogP contribution >= 0.6 is 0 Å². The first kappa shape index (κ1) is 18.7. The number of hydrogen-bond donors (Lipinski definition) is 0. The maximum Gasteiger partial charge on any atom is 0.245 e. The van der Waals surface area contributed by atoms with Crippen molar-refractivity contribution in [3.8, 4) is 5.88 Å². The number of pyridine rings is 1. The van der Waals surface area contributed by atoms with E-state index >= 15 is 0 Å². The SMILES string of the molecule is COc1cccc(CN2CCC(c3nc(C)no3)N(S(C)(=O)=O)CC2)n1. The lowest BCUT2D eigenvalue weighted by molar-refractivity contribution is 0.257. The molecular formula is C16H23N5O4S. The topological polar surface area (TPSA) is 102 Å². The number of sulfonamides is 1. The van der Waals surface area contributed by atoms with Crippen LogP contribution < -0.4 is 4.74 Å². The van der Waals surface area contributed by atoms with Gasteiger partial charge in [0.25, 0.3) is 0 Å². The molecule has 0 amide bonds. The highest BCUT2D eigenvalue weighted by Gasteiger charge is 2.34. The van der Waals surface area contributed by atoms with Crippen LogP contribution in [0.1, 0.15) is 29.9 Å². The molecule has 0 aromatic carbocycles. The molecule has 3 heterocycles. The van der Waals surface area contributed by atoms with E-state index in [1.54, 1.807) is 20.1 Å². The lowest BCUT2D eigenvalue weighted by Gasteiger charge is -2.24. The molecule has 1 atom stereocenters. The Balaban J connectivity index is 1.78. The molecule has 0 aliphatic carbocycles. The highest BCUT2D eigenvalue weighted by Crippen LogP contribution is 2.28. The van der Waals surface area contributed by atoms with E-state index in [1.165, 1.54) is 10.6 Å². The molecule has 0 saturated carbocycles. The maximum atomic E-state index is 12.3. The summed E-state index contributed by atoms with van der Waals surface area (Å²) in [5.74, 6) is 1.40. The second-order valence-corrected chi connectivity index (χ2v) is 8.24. The van der Waals surface area contributed by atoms with E-state index in [4.69, 9.17) is 9.26 Å². The van der Waals surface area contributed by atoms with Crippen LogP contribution in [0.5, 0.6) is 5.88 Å². The lowest BCUT2D eigenvalue weighted by Crippen LogP contribution is -2.36. The van der Waals surface area contributed by atoms with Gasteiger partial charge in [-0.25, -0.2) is 13.4 Å². The molecule has 0 bridgehead atoms. The van der Waals surface area contributed by atoms with Crippen molar-refractivity contribution in [1.29, 1.82) is 0 Å². The minimum absolute atomic E-state index is 0.342. The second kappa shape index (κ2) is 7.68. The van der Waals surface area contributed by atoms with Crippen molar-refractivity contribution < 1.29 is 17.7 Å². The van der Waals surface area contributed by atoms with E-state index in [9.17, 15) is 8.42 Å². The van der Waals surface area contributed by atoms with Crippen molar-refractivity contribution in [1.82, 2.24) is 24.3 Å². The Morgan fingerprint density at radius 1 is 1.27 bits per heavy atom. The van der Waals surface area contributed by atoms with Crippen LogP contribution in [0.15, 0.2) is 22.7 Å². The fraction of sp³-hybridized carbons (Fsp3) is 0.562. The zero-order valence-corrected chi connectivity index (χ0v) is 15.9. The third-order valence-corrected chi connectivity index (χ3v) is 5.62. The third kappa shape index (κ3) is 4.37. The van der Waals surface area contributed by atoms with E-state index < -0.39 is 16.1 Å². The largest absolute Gasteiger partial charge is 0.481 e. The summed E-state index contributed by atoms with van der Waals surface area (Å²) in [4.78, 5) is 10.8. The van der Waals surface area contributed by atoms with Gasteiger partial charge in [0.2, 0.25) is 21.8 Å². The van der Waals surface area contributed by atoms with Gasteiger partial charge in [-0.2, -0.15) is 9.29 Å². The van der Waals surface area contributed by atoms with Crippen LogP contribution in [0.4, 0.5) is 0 Å². The predicted molar refractivity (Wildman–Crippen MR) is 94.0 cm³/mol. The van der Waals surface area contributed by atoms with Gasteiger partial charge >= 0.3 is 0 Å². The normalized spacial score (nSPS) is 20.0. The van der Waals surface area contributed by atoms with Crippen molar-refractivity contribution in [2.45, 2.75) is 25.9 Å². The Morgan fingerprint density at radius 2 is 2.08 bits per heavy atom. The van der Waals surface area contributed by atoms with Crippen molar-refractivity contribution in [2.75, 3.05) is 33.0 Å². The quantitative estimate of drug-likeness (QED) is 0.756. The molecule has 26 heavy (non-hydrogen) atoms. The van der Waals surface area contributed by atoms with Crippen LogP contribution in [0.25, 0.3) is 0 Å². The molecule has 1 aliphatic rings. The molecule has 0 spiro atoms. The molecule has 0 radical (unpaired) electrons. The number of methoxy groups -OCH3 is 1. The number of hydrogen-bond acceptors (Lipinski definition) is 8. The Labute approximate surface area is 153 Å². The van der Waals surface area contributed by atoms with Gasteiger partial charge in [-0.15, -0.1) is 0 Å². The molecule has 9 nitrogen and oxygen atoms in total. The molecular weight excluding hydrogens is 358 g/mol. The van der Waals surface area contributed by atoms with Gasteiger partial charge in [-0.3, -0.25) is 4.90 Å². The van der Waals surface area contributed by atoms with E-state index in [2.05, 4.69) is 20.0 Å².